The molecular formula is C15H21NO4. The topological polar surface area (TPSA) is 75.6 Å². The highest BCUT2D eigenvalue weighted by Crippen LogP contribution is 2.08. The van der Waals surface area contributed by atoms with E-state index in [1.165, 1.54) is 0 Å². The number of benzene rings is 1. The number of aliphatic carboxylic acids is 1. The van der Waals surface area contributed by atoms with Gasteiger partial charge in [-0.25, -0.2) is 0 Å². The molecule has 1 atom stereocenters. The number of rotatable bonds is 8. The quantitative estimate of drug-likeness (QED) is 0.763. The molecule has 1 amide bonds. The van der Waals surface area contributed by atoms with Gasteiger partial charge in [-0.3, -0.25) is 9.59 Å². The van der Waals surface area contributed by atoms with E-state index in [9.17, 15) is 9.59 Å². The Morgan fingerprint density at radius 3 is 2.75 bits per heavy atom. The second-order valence-corrected chi connectivity index (χ2v) is 4.67. The lowest BCUT2D eigenvalue weighted by atomic mass is 10.0. The highest BCUT2D eigenvalue weighted by molar-refractivity contribution is 5.94. The van der Waals surface area contributed by atoms with Crippen molar-refractivity contribution in [2.45, 2.75) is 26.4 Å². The van der Waals surface area contributed by atoms with Gasteiger partial charge in [0.1, 0.15) is 0 Å². The van der Waals surface area contributed by atoms with Gasteiger partial charge in [-0.2, -0.15) is 0 Å². The van der Waals surface area contributed by atoms with E-state index < -0.39 is 11.9 Å². The van der Waals surface area contributed by atoms with Crippen molar-refractivity contribution in [2.24, 2.45) is 5.92 Å². The highest BCUT2D eigenvalue weighted by atomic mass is 16.5. The minimum Gasteiger partial charge on any atom is -0.481 e. The zero-order valence-corrected chi connectivity index (χ0v) is 11.9. The van der Waals surface area contributed by atoms with Crippen molar-refractivity contribution in [2.75, 3.05) is 13.7 Å². The van der Waals surface area contributed by atoms with E-state index in [0.717, 1.165) is 12.0 Å². The Bertz CT molecular complexity index is 459. The zero-order valence-electron chi connectivity index (χ0n) is 11.9. The van der Waals surface area contributed by atoms with Gasteiger partial charge in [-0.05, 0) is 24.1 Å². The van der Waals surface area contributed by atoms with Gasteiger partial charge >= 0.3 is 5.97 Å². The summed E-state index contributed by atoms with van der Waals surface area (Å²) in [6, 6.07) is 7.10. The lowest BCUT2D eigenvalue weighted by Crippen LogP contribution is -2.32. The van der Waals surface area contributed by atoms with Crippen molar-refractivity contribution in [3.05, 3.63) is 35.4 Å². The molecule has 110 valence electrons. The number of carbonyl (C=O) groups is 2. The summed E-state index contributed by atoms with van der Waals surface area (Å²) < 4.78 is 5.01. The summed E-state index contributed by atoms with van der Waals surface area (Å²) in [6.07, 6.45) is 1.33. The monoisotopic (exact) mass is 279 g/mol. The molecule has 1 rings (SSSR count). The third kappa shape index (κ3) is 5.01. The number of carboxylic acid groups (broad SMARTS) is 1. The molecule has 0 saturated heterocycles. The molecule has 0 bridgehead atoms. The van der Waals surface area contributed by atoms with Crippen LogP contribution in [0.4, 0.5) is 0 Å². The molecule has 0 heterocycles. The molecular weight excluding hydrogens is 258 g/mol. The van der Waals surface area contributed by atoms with Crippen LogP contribution in [0.3, 0.4) is 0 Å². The fraction of sp³-hybridized carbons (Fsp3) is 0.467. The zero-order chi connectivity index (χ0) is 15.0. The molecule has 1 unspecified atom stereocenters. The van der Waals surface area contributed by atoms with Crippen molar-refractivity contribution in [3.63, 3.8) is 0 Å². The standard InChI is InChI=1S/C15H21NO4/c1-3-5-13(15(18)19)9-16-14(17)12-7-4-6-11(8-12)10-20-2/h4,6-8,13H,3,5,9-10H2,1-2H3,(H,16,17)(H,18,19). The van der Waals surface area contributed by atoms with Crippen molar-refractivity contribution in [1.29, 1.82) is 0 Å². The van der Waals surface area contributed by atoms with Crippen LogP contribution in [-0.4, -0.2) is 30.6 Å². The van der Waals surface area contributed by atoms with Crippen LogP contribution in [0.1, 0.15) is 35.7 Å². The Kier molecular flexibility index (Phi) is 6.73. The van der Waals surface area contributed by atoms with Gasteiger partial charge in [0, 0.05) is 19.2 Å². The van der Waals surface area contributed by atoms with Gasteiger partial charge in [0.05, 0.1) is 12.5 Å². The highest BCUT2D eigenvalue weighted by Gasteiger charge is 2.17. The predicted octanol–water partition coefficient (Wildman–Crippen LogP) is 2.06. The Hall–Kier alpha value is -1.88. The third-order valence-corrected chi connectivity index (χ3v) is 3.00. The summed E-state index contributed by atoms with van der Waals surface area (Å²) in [7, 11) is 1.59. The average Bonchev–Trinajstić information content (AvgIpc) is 2.43. The predicted molar refractivity (Wildman–Crippen MR) is 75.5 cm³/mol. The van der Waals surface area contributed by atoms with Crippen LogP contribution < -0.4 is 5.32 Å². The molecule has 0 aromatic heterocycles. The minimum absolute atomic E-state index is 0.149. The van der Waals surface area contributed by atoms with Gasteiger partial charge < -0.3 is 15.2 Å². The lowest BCUT2D eigenvalue weighted by Gasteiger charge is -2.12. The van der Waals surface area contributed by atoms with Gasteiger partial charge in [0.25, 0.3) is 5.91 Å². The summed E-state index contributed by atoms with van der Waals surface area (Å²) in [5.74, 6) is -1.67. The molecule has 0 radical (unpaired) electrons. The SMILES string of the molecule is CCCC(CNC(=O)c1cccc(COC)c1)C(=O)O. The molecule has 5 nitrogen and oxygen atoms in total. The Balaban J connectivity index is 2.61. The minimum atomic E-state index is -0.875. The number of ether oxygens (including phenoxy) is 1. The largest absolute Gasteiger partial charge is 0.481 e. The first-order chi connectivity index (χ1) is 9.58. The van der Waals surface area contributed by atoms with E-state index in [0.29, 0.717) is 18.6 Å². The maximum atomic E-state index is 12.0. The smallest absolute Gasteiger partial charge is 0.308 e. The number of carboxylic acids is 1. The molecule has 5 heteroatoms. The van der Waals surface area contributed by atoms with Gasteiger partial charge in [0.2, 0.25) is 0 Å². The first-order valence-corrected chi connectivity index (χ1v) is 6.67. The number of carbonyl (C=O) groups excluding carboxylic acids is 1. The first kappa shape index (κ1) is 16.2. The second kappa shape index (κ2) is 8.32. The van der Waals surface area contributed by atoms with Crippen LogP contribution >= 0.6 is 0 Å². The van der Waals surface area contributed by atoms with Gasteiger partial charge in [-0.15, -0.1) is 0 Å². The van der Waals surface area contributed by atoms with Crippen molar-refractivity contribution >= 4 is 11.9 Å². The summed E-state index contributed by atoms with van der Waals surface area (Å²) in [4.78, 5) is 23.0. The average molecular weight is 279 g/mol. The Morgan fingerprint density at radius 2 is 2.15 bits per heavy atom. The van der Waals surface area contributed by atoms with Crippen molar-refractivity contribution in [3.8, 4) is 0 Å². The van der Waals surface area contributed by atoms with Gasteiger partial charge in [0.15, 0.2) is 0 Å². The van der Waals surface area contributed by atoms with E-state index >= 15 is 0 Å². The summed E-state index contributed by atoms with van der Waals surface area (Å²) in [5, 5.41) is 11.7. The number of nitrogens with one attached hydrogen (secondary N) is 1. The third-order valence-electron chi connectivity index (χ3n) is 3.00. The second-order valence-electron chi connectivity index (χ2n) is 4.67. The van der Waals surface area contributed by atoms with Crippen LogP contribution in [-0.2, 0) is 16.1 Å². The maximum absolute atomic E-state index is 12.0. The van der Waals surface area contributed by atoms with E-state index in [2.05, 4.69) is 5.32 Å². The molecule has 0 aliphatic rings. The van der Waals surface area contributed by atoms with Gasteiger partial charge in [-0.1, -0.05) is 25.5 Å². The normalized spacial score (nSPS) is 11.9. The van der Waals surface area contributed by atoms with Crippen LogP contribution in [0.25, 0.3) is 0 Å². The lowest BCUT2D eigenvalue weighted by molar-refractivity contribution is -0.141. The number of hydrogen-bond donors (Lipinski definition) is 2. The number of hydrogen-bond acceptors (Lipinski definition) is 3. The Morgan fingerprint density at radius 1 is 1.40 bits per heavy atom. The summed E-state index contributed by atoms with van der Waals surface area (Å²) >= 11 is 0. The van der Waals surface area contributed by atoms with Crippen LogP contribution in [0.2, 0.25) is 0 Å². The van der Waals surface area contributed by atoms with E-state index in [-0.39, 0.29) is 12.5 Å². The van der Waals surface area contributed by atoms with E-state index in [4.69, 9.17) is 9.84 Å². The van der Waals surface area contributed by atoms with Crippen LogP contribution in [0.5, 0.6) is 0 Å². The van der Waals surface area contributed by atoms with Crippen molar-refractivity contribution in [1.82, 2.24) is 5.32 Å². The molecule has 0 fully saturated rings. The molecule has 0 saturated carbocycles. The van der Waals surface area contributed by atoms with Crippen LogP contribution in [0.15, 0.2) is 24.3 Å². The van der Waals surface area contributed by atoms with Crippen molar-refractivity contribution < 1.29 is 19.4 Å². The van der Waals surface area contributed by atoms with Crippen LogP contribution in [0, 0.1) is 5.92 Å². The molecule has 2 N–H and O–H groups in total. The Labute approximate surface area is 118 Å². The first-order valence-electron chi connectivity index (χ1n) is 6.67. The fourth-order valence-corrected chi connectivity index (χ4v) is 1.95. The fourth-order valence-electron chi connectivity index (χ4n) is 1.95. The molecule has 0 aliphatic heterocycles. The van der Waals surface area contributed by atoms with E-state index in [1.54, 1.807) is 25.3 Å². The number of amides is 1. The van der Waals surface area contributed by atoms with E-state index in [1.807, 2.05) is 13.0 Å². The molecule has 20 heavy (non-hydrogen) atoms. The summed E-state index contributed by atoms with van der Waals surface area (Å²) in [5.41, 5.74) is 1.42. The molecule has 0 aliphatic carbocycles. The number of methoxy groups -OCH3 is 1. The summed E-state index contributed by atoms with van der Waals surface area (Å²) in [6.45, 7) is 2.51. The molecule has 0 spiro atoms. The molecule has 1 aromatic carbocycles. The maximum Gasteiger partial charge on any atom is 0.308 e. The molecule has 1 aromatic rings.